The van der Waals surface area contributed by atoms with Crippen LogP contribution in [0.25, 0.3) is 0 Å². The Kier molecular flexibility index (Phi) is 6.37. The molecule has 7 heteroatoms. The smallest absolute Gasteiger partial charge is 0.404 e. The van der Waals surface area contributed by atoms with Crippen molar-refractivity contribution < 1.29 is 22.7 Å². The average Bonchev–Trinajstić information content (AvgIpc) is 3.17. The Bertz CT molecular complexity index is 907. The zero-order valence-corrected chi connectivity index (χ0v) is 16.7. The summed E-state index contributed by atoms with van der Waals surface area (Å²) in [5, 5.41) is 0. The topological polar surface area (TPSA) is 32.8 Å². The highest BCUT2D eigenvalue weighted by molar-refractivity contribution is 5.98. The summed E-state index contributed by atoms with van der Waals surface area (Å²) >= 11 is 0. The lowest BCUT2D eigenvalue weighted by Gasteiger charge is -2.34. The van der Waals surface area contributed by atoms with Gasteiger partial charge in [0.15, 0.2) is 5.41 Å². The molecule has 1 fully saturated rings. The summed E-state index contributed by atoms with van der Waals surface area (Å²) in [6.45, 7) is 0.296. The van der Waals surface area contributed by atoms with Crippen molar-refractivity contribution in [2.45, 2.75) is 19.1 Å². The molecule has 158 valence electrons. The third-order valence-corrected chi connectivity index (χ3v) is 5.40. The summed E-state index contributed by atoms with van der Waals surface area (Å²) in [6, 6.07) is 15.5. The van der Waals surface area contributed by atoms with Gasteiger partial charge in [-0.2, -0.15) is 13.2 Å². The Morgan fingerprint density at radius 2 is 1.87 bits per heavy atom. The van der Waals surface area contributed by atoms with E-state index in [9.17, 15) is 18.0 Å². The van der Waals surface area contributed by atoms with Crippen molar-refractivity contribution in [1.29, 1.82) is 0 Å². The Morgan fingerprint density at radius 1 is 1.20 bits per heavy atom. The van der Waals surface area contributed by atoms with E-state index in [1.54, 1.807) is 29.2 Å². The number of anilines is 1. The number of likely N-dealkylation sites (tertiary alicyclic amines) is 1. The number of halogens is 3. The summed E-state index contributed by atoms with van der Waals surface area (Å²) in [7, 11) is 1.37. The minimum atomic E-state index is -4.65. The monoisotopic (exact) mass is 416 g/mol. The number of carbonyl (C=O) groups excluding carboxylic acids is 1. The molecule has 1 amide bonds. The highest BCUT2D eigenvalue weighted by Crippen LogP contribution is 2.47. The molecule has 30 heavy (non-hydrogen) atoms. The predicted molar refractivity (Wildman–Crippen MR) is 109 cm³/mol. The normalized spacial score (nSPS) is 19.3. The van der Waals surface area contributed by atoms with Crippen LogP contribution in [0.2, 0.25) is 0 Å². The number of hydrogen-bond acceptors (Lipinski definition) is 3. The van der Waals surface area contributed by atoms with Crippen molar-refractivity contribution in [3.63, 3.8) is 0 Å². The number of hydrogen-bond donors (Lipinski definition) is 0. The van der Waals surface area contributed by atoms with Crippen molar-refractivity contribution in [2.24, 2.45) is 5.41 Å². The number of alkyl halides is 3. The Morgan fingerprint density at radius 3 is 2.47 bits per heavy atom. The molecule has 1 unspecified atom stereocenters. The molecule has 1 heterocycles. The van der Waals surface area contributed by atoms with E-state index in [0.717, 1.165) is 10.5 Å². The van der Waals surface area contributed by atoms with Crippen molar-refractivity contribution in [1.82, 2.24) is 4.90 Å². The molecule has 1 atom stereocenters. The lowest BCUT2D eigenvalue weighted by molar-refractivity contribution is -0.216. The molecule has 0 saturated carbocycles. The van der Waals surface area contributed by atoms with Gasteiger partial charge < -0.3 is 9.64 Å². The van der Waals surface area contributed by atoms with Crippen molar-refractivity contribution in [3.8, 4) is 18.1 Å². The van der Waals surface area contributed by atoms with Crippen LogP contribution >= 0.6 is 0 Å². The van der Waals surface area contributed by atoms with E-state index in [1.165, 1.54) is 7.05 Å². The van der Waals surface area contributed by atoms with E-state index in [1.807, 2.05) is 30.3 Å². The average molecular weight is 416 g/mol. The highest BCUT2D eigenvalue weighted by Gasteiger charge is 2.63. The predicted octanol–water partition coefficient (Wildman–Crippen LogP) is 4.12. The van der Waals surface area contributed by atoms with Crippen LogP contribution in [0, 0.1) is 17.8 Å². The van der Waals surface area contributed by atoms with E-state index >= 15 is 0 Å². The third kappa shape index (κ3) is 4.44. The first kappa shape index (κ1) is 21.7. The van der Waals surface area contributed by atoms with Crippen LogP contribution in [-0.2, 0) is 11.3 Å². The molecule has 2 aromatic carbocycles. The molecule has 1 saturated heterocycles. The molecule has 1 aliphatic heterocycles. The largest absolute Gasteiger partial charge is 0.481 e. The molecule has 0 aromatic heterocycles. The van der Waals surface area contributed by atoms with Gasteiger partial charge >= 0.3 is 6.18 Å². The number of carbonyl (C=O) groups is 1. The maximum atomic E-state index is 14.1. The van der Waals surface area contributed by atoms with Crippen LogP contribution in [0.15, 0.2) is 54.6 Å². The quantitative estimate of drug-likeness (QED) is 0.665. The van der Waals surface area contributed by atoms with Gasteiger partial charge in [0, 0.05) is 25.8 Å². The Labute approximate surface area is 174 Å². The van der Waals surface area contributed by atoms with Crippen molar-refractivity contribution >= 4 is 11.6 Å². The van der Waals surface area contributed by atoms with Crippen molar-refractivity contribution in [3.05, 3.63) is 60.2 Å². The zero-order valence-electron chi connectivity index (χ0n) is 16.7. The number of benzene rings is 2. The van der Waals surface area contributed by atoms with E-state index in [-0.39, 0.29) is 26.1 Å². The van der Waals surface area contributed by atoms with Crippen LogP contribution in [0.1, 0.15) is 12.0 Å². The maximum absolute atomic E-state index is 14.1. The highest BCUT2D eigenvalue weighted by atomic mass is 19.4. The fraction of sp³-hybridized carbons (Fsp3) is 0.348. The molecule has 0 bridgehead atoms. The summed E-state index contributed by atoms with van der Waals surface area (Å²) < 4.78 is 47.7. The van der Waals surface area contributed by atoms with Gasteiger partial charge in [-0.15, -0.1) is 6.42 Å². The summed E-state index contributed by atoms with van der Waals surface area (Å²) in [5.41, 5.74) is -1.16. The molecule has 1 aliphatic rings. The minimum absolute atomic E-state index is 0.0859. The second-order valence-corrected chi connectivity index (χ2v) is 7.38. The van der Waals surface area contributed by atoms with Gasteiger partial charge in [-0.05, 0) is 42.8 Å². The first-order valence-electron chi connectivity index (χ1n) is 9.54. The molecular weight excluding hydrogens is 393 g/mol. The van der Waals surface area contributed by atoms with Crippen molar-refractivity contribution in [2.75, 3.05) is 31.6 Å². The lowest BCUT2D eigenvalue weighted by atomic mass is 9.84. The van der Waals surface area contributed by atoms with Gasteiger partial charge in [0.1, 0.15) is 12.4 Å². The first-order chi connectivity index (χ1) is 14.3. The van der Waals surface area contributed by atoms with E-state index < -0.39 is 17.5 Å². The zero-order chi connectivity index (χ0) is 21.8. The summed E-state index contributed by atoms with van der Waals surface area (Å²) in [6.07, 6.45) is 0.220. The van der Waals surface area contributed by atoms with Crippen LogP contribution in [0.4, 0.5) is 18.9 Å². The molecule has 4 nitrogen and oxygen atoms in total. The Hall–Kier alpha value is -2.98. The molecule has 2 aromatic rings. The van der Waals surface area contributed by atoms with Crippen LogP contribution in [0.5, 0.6) is 5.75 Å². The van der Waals surface area contributed by atoms with E-state index in [2.05, 4.69) is 5.92 Å². The van der Waals surface area contributed by atoms with E-state index in [4.69, 9.17) is 11.2 Å². The molecule has 0 radical (unpaired) electrons. The number of nitrogens with zero attached hydrogens (tertiary/aromatic N) is 2. The number of ether oxygens (including phenoxy) is 1. The second-order valence-electron chi connectivity index (χ2n) is 7.38. The summed E-state index contributed by atoms with van der Waals surface area (Å²) in [5.74, 6) is 1.86. The molecular formula is C23H23F3N2O2. The SMILES string of the molecule is C#CCOc1ccc(N(C)C(=O)C2(C(F)(F)F)CCN(Cc3ccccc3)C2)cc1. The Balaban J connectivity index is 1.78. The van der Waals surface area contributed by atoms with E-state index in [0.29, 0.717) is 18.0 Å². The maximum Gasteiger partial charge on any atom is 0.404 e. The minimum Gasteiger partial charge on any atom is -0.481 e. The molecule has 0 aliphatic carbocycles. The van der Waals surface area contributed by atoms with Crippen LogP contribution in [-0.4, -0.2) is 43.7 Å². The van der Waals surface area contributed by atoms with Gasteiger partial charge in [0.2, 0.25) is 5.91 Å². The third-order valence-electron chi connectivity index (χ3n) is 5.40. The van der Waals surface area contributed by atoms with Gasteiger partial charge in [-0.1, -0.05) is 36.3 Å². The summed E-state index contributed by atoms with van der Waals surface area (Å²) in [4.78, 5) is 15.9. The van der Waals surface area contributed by atoms with Gasteiger partial charge in [-0.3, -0.25) is 9.69 Å². The van der Waals surface area contributed by atoms with Crippen LogP contribution < -0.4 is 9.64 Å². The molecule has 3 rings (SSSR count). The van der Waals surface area contributed by atoms with Crippen LogP contribution in [0.3, 0.4) is 0 Å². The number of rotatable bonds is 6. The standard InChI is InChI=1S/C23H23F3N2O2/c1-3-15-30-20-11-9-19(10-12-20)27(2)21(29)22(23(24,25)26)13-14-28(17-22)16-18-7-5-4-6-8-18/h1,4-12H,13-17H2,2H3. The fourth-order valence-electron chi connectivity index (χ4n) is 3.72. The lowest BCUT2D eigenvalue weighted by Crippen LogP contribution is -2.53. The molecule has 0 spiro atoms. The van der Waals surface area contributed by atoms with Gasteiger partial charge in [0.25, 0.3) is 0 Å². The second kappa shape index (κ2) is 8.80. The first-order valence-corrected chi connectivity index (χ1v) is 9.54. The molecule has 0 N–H and O–H groups in total. The number of amides is 1. The van der Waals surface area contributed by atoms with Gasteiger partial charge in [-0.25, -0.2) is 0 Å². The number of terminal acetylenes is 1. The van der Waals surface area contributed by atoms with Gasteiger partial charge in [0.05, 0.1) is 0 Å². The fourth-order valence-corrected chi connectivity index (χ4v) is 3.72.